The molecule has 0 bridgehead atoms. The predicted octanol–water partition coefficient (Wildman–Crippen LogP) is 2.54. The average molecular weight is 250 g/mol. The van der Waals surface area contributed by atoms with Gasteiger partial charge in [-0.3, -0.25) is 0 Å². The van der Waals surface area contributed by atoms with Crippen LogP contribution in [0.1, 0.15) is 31.2 Å². The van der Waals surface area contributed by atoms with Gasteiger partial charge in [-0.15, -0.1) is 11.3 Å². The Morgan fingerprint density at radius 1 is 1.41 bits per heavy atom. The van der Waals surface area contributed by atoms with Crippen LogP contribution in [0.2, 0.25) is 0 Å². The van der Waals surface area contributed by atoms with Crippen LogP contribution in [0.4, 0.5) is 0 Å². The van der Waals surface area contributed by atoms with Gasteiger partial charge < -0.3 is 10.6 Å². The highest BCUT2D eigenvalue weighted by molar-refractivity contribution is 7.10. The maximum atomic E-state index is 5.35. The van der Waals surface area contributed by atoms with E-state index in [1.165, 1.54) is 4.88 Å². The zero-order valence-electron chi connectivity index (χ0n) is 11.2. The molecule has 0 unspecified atom stereocenters. The lowest BCUT2D eigenvalue weighted by Gasteiger charge is -2.25. The highest BCUT2D eigenvalue weighted by Gasteiger charge is 2.13. The van der Waals surface area contributed by atoms with E-state index < -0.39 is 0 Å². The van der Waals surface area contributed by atoms with Crippen molar-refractivity contribution in [3.63, 3.8) is 0 Å². The highest BCUT2D eigenvalue weighted by Crippen LogP contribution is 2.19. The van der Waals surface area contributed by atoms with Crippen LogP contribution in [0.5, 0.6) is 0 Å². The van der Waals surface area contributed by atoms with Gasteiger partial charge in [0.05, 0.1) is 6.54 Å². The zero-order chi connectivity index (χ0) is 12.9. The standard InChI is InChI=1S/C14H22N2S/c1-14(2,3)11-16(4)9-13-8-12(10-17-13)6-5-7-15/h8,10H,7,9,11,15H2,1-4H3. The van der Waals surface area contributed by atoms with E-state index in [4.69, 9.17) is 5.73 Å². The summed E-state index contributed by atoms with van der Waals surface area (Å²) >= 11 is 1.77. The van der Waals surface area contributed by atoms with E-state index in [-0.39, 0.29) is 0 Å². The molecule has 0 amide bonds. The lowest BCUT2D eigenvalue weighted by atomic mass is 9.96. The quantitative estimate of drug-likeness (QED) is 0.835. The first kappa shape index (κ1) is 14.2. The van der Waals surface area contributed by atoms with Crippen molar-refractivity contribution in [2.24, 2.45) is 11.1 Å². The first-order valence-electron chi connectivity index (χ1n) is 5.85. The molecule has 0 aromatic carbocycles. The van der Waals surface area contributed by atoms with Crippen LogP contribution >= 0.6 is 11.3 Å². The van der Waals surface area contributed by atoms with E-state index in [9.17, 15) is 0 Å². The van der Waals surface area contributed by atoms with Gasteiger partial charge >= 0.3 is 0 Å². The molecule has 0 aliphatic rings. The maximum absolute atomic E-state index is 5.35. The molecule has 2 N–H and O–H groups in total. The summed E-state index contributed by atoms with van der Waals surface area (Å²) in [6.07, 6.45) is 0. The van der Waals surface area contributed by atoms with Crippen LogP contribution < -0.4 is 5.73 Å². The number of hydrogen-bond donors (Lipinski definition) is 1. The second-order valence-electron chi connectivity index (χ2n) is 5.54. The van der Waals surface area contributed by atoms with E-state index in [2.05, 4.69) is 56.0 Å². The second-order valence-corrected chi connectivity index (χ2v) is 6.54. The van der Waals surface area contributed by atoms with E-state index in [0.717, 1.165) is 18.7 Å². The van der Waals surface area contributed by atoms with Crippen molar-refractivity contribution in [2.75, 3.05) is 20.1 Å². The number of nitrogens with two attached hydrogens (primary N) is 1. The summed E-state index contributed by atoms with van der Waals surface area (Å²) in [7, 11) is 2.16. The summed E-state index contributed by atoms with van der Waals surface area (Å²) in [5.41, 5.74) is 6.78. The van der Waals surface area contributed by atoms with Crippen molar-refractivity contribution in [1.82, 2.24) is 4.90 Å². The average Bonchev–Trinajstić information content (AvgIpc) is 2.59. The van der Waals surface area contributed by atoms with Crippen molar-refractivity contribution in [3.05, 3.63) is 21.9 Å². The maximum Gasteiger partial charge on any atom is 0.0555 e. The van der Waals surface area contributed by atoms with E-state index in [1.807, 2.05) is 0 Å². The van der Waals surface area contributed by atoms with Gasteiger partial charge in [-0.25, -0.2) is 0 Å². The Morgan fingerprint density at radius 2 is 2.12 bits per heavy atom. The van der Waals surface area contributed by atoms with Gasteiger partial charge in [-0.05, 0) is 18.5 Å². The molecule has 1 aromatic heterocycles. The Hall–Kier alpha value is -0.820. The molecular formula is C14H22N2S. The van der Waals surface area contributed by atoms with Gasteiger partial charge in [0.2, 0.25) is 0 Å². The van der Waals surface area contributed by atoms with Gasteiger partial charge in [-0.2, -0.15) is 0 Å². The van der Waals surface area contributed by atoms with Crippen molar-refractivity contribution < 1.29 is 0 Å². The Morgan fingerprint density at radius 3 is 2.71 bits per heavy atom. The molecule has 1 rings (SSSR count). The molecule has 0 saturated heterocycles. The third-order valence-corrected chi connectivity index (χ3v) is 3.08. The van der Waals surface area contributed by atoms with Crippen molar-refractivity contribution in [2.45, 2.75) is 27.3 Å². The summed E-state index contributed by atoms with van der Waals surface area (Å²) < 4.78 is 0. The fourth-order valence-corrected chi connectivity index (χ4v) is 2.71. The third kappa shape index (κ3) is 5.88. The number of rotatable bonds is 3. The van der Waals surface area contributed by atoms with Crippen molar-refractivity contribution in [3.8, 4) is 11.8 Å². The molecule has 2 nitrogen and oxygen atoms in total. The van der Waals surface area contributed by atoms with Crippen LogP contribution in [0.15, 0.2) is 11.4 Å². The molecule has 1 heterocycles. The Labute approximate surface area is 109 Å². The molecule has 0 atom stereocenters. The van der Waals surface area contributed by atoms with E-state index in [1.54, 1.807) is 11.3 Å². The van der Waals surface area contributed by atoms with Crippen LogP contribution in [-0.4, -0.2) is 25.0 Å². The summed E-state index contributed by atoms with van der Waals surface area (Å²) in [6.45, 7) is 9.29. The Kier molecular flexibility index (Phi) is 5.20. The summed E-state index contributed by atoms with van der Waals surface area (Å²) in [5, 5.41) is 2.10. The van der Waals surface area contributed by atoms with Crippen LogP contribution in [0.25, 0.3) is 0 Å². The normalized spacial score (nSPS) is 11.4. The molecule has 0 aliphatic heterocycles. The topological polar surface area (TPSA) is 29.3 Å². The summed E-state index contributed by atoms with van der Waals surface area (Å²) in [5.74, 6) is 5.94. The molecule has 3 heteroatoms. The predicted molar refractivity (Wildman–Crippen MR) is 76.0 cm³/mol. The monoisotopic (exact) mass is 250 g/mol. The summed E-state index contributed by atoms with van der Waals surface area (Å²) in [4.78, 5) is 3.71. The smallest absolute Gasteiger partial charge is 0.0555 e. The zero-order valence-corrected chi connectivity index (χ0v) is 12.0. The van der Waals surface area contributed by atoms with Gasteiger partial charge in [0, 0.05) is 28.9 Å². The lowest BCUT2D eigenvalue weighted by molar-refractivity contribution is 0.222. The third-order valence-electron chi connectivity index (χ3n) is 2.16. The van der Waals surface area contributed by atoms with Gasteiger partial charge in [0.1, 0.15) is 0 Å². The molecular weight excluding hydrogens is 228 g/mol. The van der Waals surface area contributed by atoms with E-state index in [0.29, 0.717) is 12.0 Å². The van der Waals surface area contributed by atoms with Crippen LogP contribution in [0, 0.1) is 17.3 Å². The molecule has 0 aliphatic carbocycles. The number of nitrogens with zero attached hydrogens (tertiary/aromatic N) is 1. The fraction of sp³-hybridized carbons (Fsp3) is 0.571. The molecule has 0 saturated carbocycles. The van der Waals surface area contributed by atoms with Gasteiger partial charge in [-0.1, -0.05) is 32.6 Å². The number of thiophene rings is 1. The van der Waals surface area contributed by atoms with Crippen LogP contribution in [0.3, 0.4) is 0 Å². The summed E-state index contributed by atoms with van der Waals surface area (Å²) in [6, 6.07) is 2.16. The fourth-order valence-electron chi connectivity index (χ4n) is 1.81. The molecule has 94 valence electrons. The lowest BCUT2D eigenvalue weighted by Crippen LogP contribution is -2.28. The SMILES string of the molecule is CN(Cc1cc(C#CCN)cs1)CC(C)(C)C. The first-order valence-corrected chi connectivity index (χ1v) is 6.73. The molecule has 0 radical (unpaired) electrons. The van der Waals surface area contributed by atoms with Gasteiger partial charge in [0.15, 0.2) is 0 Å². The Balaban J connectivity index is 2.54. The molecule has 0 fully saturated rings. The minimum atomic E-state index is 0.341. The Bertz CT molecular complexity index is 404. The molecule has 17 heavy (non-hydrogen) atoms. The minimum absolute atomic E-state index is 0.341. The minimum Gasteiger partial charge on any atom is -0.320 e. The second kappa shape index (κ2) is 6.20. The largest absolute Gasteiger partial charge is 0.320 e. The van der Waals surface area contributed by atoms with E-state index >= 15 is 0 Å². The van der Waals surface area contributed by atoms with Crippen molar-refractivity contribution in [1.29, 1.82) is 0 Å². The molecule has 1 aromatic rings. The van der Waals surface area contributed by atoms with Crippen LogP contribution in [-0.2, 0) is 6.54 Å². The first-order chi connectivity index (χ1) is 7.90. The molecule has 0 spiro atoms. The highest BCUT2D eigenvalue weighted by atomic mass is 32.1. The van der Waals surface area contributed by atoms with Crippen molar-refractivity contribution >= 4 is 11.3 Å². The number of hydrogen-bond acceptors (Lipinski definition) is 3. The van der Waals surface area contributed by atoms with Gasteiger partial charge in [0.25, 0.3) is 0 Å².